The molecule has 0 saturated carbocycles. The summed E-state index contributed by atoms with van der Waals surface area (Å²) in [5.74, 6) is -1.06. The SMILES string of the molecule is C=NC1=C(C=CC)CC(C(=O)O)C1. The van der Waals surface area contributed by atoms with Gasteiger partial charge in [-0.2, -0.15) is 0 Å². The van der Waals surface area contributed by atoms with Crippen LogP contribution in [0.1, 0.15) is 19.8 Å². The molecule has 1 atom stereocenters. The Morgan fingerprint density at radius 3 is 2.85 bits per heavy atom. The lowest BCUT2D eigenvalue weighted by Crippen LogP contribution is -2.09. The van der Waals surface area contributed by atoms with E-state index in [9.17, 15) is 4.79 Å². The Bertz CT molecular complexity index is 289. The van der Waals surface area contributed by atoms with Crippen molar-refractivity contribution in [3.8, 4) is 0 Å². The highest BCUT2D eigenvalue weighted by Gasteiger charge is 2.27. The van der Waals surface area contributed by atoms with Gasteiger partial charge in [0, 0.05) is 12.1 Å². The second-order valence-corrected chi connectivity index (χ2v) is 3.07. The lowest BCUT2D eigenvalue weighted by molar-refractivity contribution is -0.141. The first-order valence-electron chi connectivity index (χ1n) is 4.23. The van der Waals surface area contributed by atoms with E-state index in [1.807, 2.05) is 19.1 Å². The Kier molecular flexibility index (Phi) is 3.01. The molecule has 1 N–H and O–H groups in total. The average molecular weight is 179 g/mol. The lowest BCUT2D eigenvalue weighted by Gasteiger charge is -2.00. The van der Waals surface area contributed by atoms with Gasteiger partial charge in [0.05, 0.1) is 5.92 Å². The highest BCUT2D eigenvalue weighted by atomic mass is 16.4. The third-order valence-electron chi connectivity index (χ3n) is 2.18. The Hall–Kier alpha value is -1.38. The molecule has 3 nitrogen and oxygen atoms in total. The normalized spacial score (nSPS) is 22.7. The van der Waals surface area contributed by atoms with E-state index in [2.05, 4.69) is 11.7 Å². The Morgan fingerprint density at radius 2 is 2.38 bits per heavy atom. The topological polar surface area (TPSA) is 49.7 Å². The van der Waals surface area contributed by atoms with Crippen LogP contribution in [0.2, 0.25) is 0 Å². The fourth-order valence-corrected chi connectivity index (χ4v) is 1.53. The molecule has 0 radical (unpaired) electrons. The largest absolute Gasteiger partial charge is 0.481 e. The second-order valence-electron chi connectivity index (χ2n) is 3.07. The quantitative estimate of drug-likeness (QED) is 0.674. The van der Waals surface area contributed by atoms with Crippen molar-refractivity contribution in [1.82, 2.24) is 0 Å². The van der Waals surface area contributed by atoms with Gasteiger partial charge >= 0.3 is 5.97 Å². The molecule has 0 aliphatic heterocycles. The van der Waals surface area contributed by atoms with Crippen LogP contribution in [0, 0.1) is 5.92 Å². The summed E-state index contributed by atoms with van der Waals surface area (Å²) in [6.07, 6.45) is 4.89. The van der Waals surface area contributed by atoms with Gasteiger partial charge in [0.1, 0.15) is 0 Å². The van der Waals surface area contributed by atoms with Gasteiger partial charge in [-0.15, -0.1) is 0 Å². The van der Waals surface area contributed by atoms with Crippen molar-refractivity contribution in [2.24, 2.45) is 10.9 Å². The highest BCUT2D eigenvalue weighted by Crippen LogP contribution is 2.32. The lowest BCUT2D eigenvalue weighted by atomic mass is 10.1. The number of allylic oxidation sites excluding steroid dienone is 4. The van der Waals surface area contributed by atoms with E-state index >= 15 is 0 Å². The number of carbonyl (C=O) groups is 1. The molecule has 1 aliphatic rings. The van der Waals surface area contributed by atoms with Crippen LogP contribution in [0.4, 0.5) is 0 Å². The smallest absolute Gasteiger partial charge is 0.307 e. The first-order chi connectivity index (χ1) is 6.19. The van der Waals surface area contributed by atoms with Crippen molar-refractivity contribution in [3.63, 3.8) is 0 Å². The minimum atomic E-state index is -0.749. The summed E-state index contributed by atoms with van der Waals surface area (Å²) in [4.78, 5) is 14.5. The standard InChI is InChI=1S/C10H13NO2/c1-3-4-7-5-8(10(12)13)6-9(7)11-2/h3-4,8H,2,5-6H2,1H3,(H,12,13). The third kappa shape index (κ3) is 2.05. The molecule has 0 saturated heterocycles. The van der Waals surface area contributed by atoms with Gasteiger partial charge in [-0.25, -0.2) is 0 Å². The van der Waals surface area contributed by atoms with Crippen LogP contribution >= 0.6 is 0 Å². The van der Waals surface area contributed by atoms with Crippen LogP contribution in [0.25, 0.3) is 0 Å². The van der Waals surface area contributed by atoms with E-state index in [1.165, 1.54) is 0 Å². The van der Waals surface area contributed by atoms with Crippen LogP contribution in [0.3, 0.4) is 0 Å². The zero-order valence-corrected chi connectivity index (χ0v) is 7.66. The number of carboxylic acids is 1. The van der Waals surface area contributed by atoms with E-state index in [0.29, 0.717) is 12.8 Å². The number of rotatable bonds is 3. The molecule has 1 unspecified atom stereocenters. The number of nitrogens with zero attached hydrogens (tertiary/aromatic N) is 1. The first-order valence-corrected chi connectivity index (χ1v) is 4.23. The molecule has 3 heteroatoms. The minimum Gasteiger partial charge on any atom is -0.481 e. The summed E-state index contributed by atoms with van der Waals surface area (Å²) in [7, 11) is 0. The molecule has 70 valence electrons. The van der Waals surface area contributed by atoms with Crippen molar-refractivity contribution in [2.75, 3.05) is 0 Å². The molecule has 0 heterocycles. The van der Waals surface area contributed by atoms with Gasteiger partial charge in [0.2, 0.25) is 0 Å². The Balaban J connectivity index is 2.80. The van der Waals surface area contributed by atoms with E-state index in [0.717, 1.165) is 11.3 Å². The number of aliphatic imine (C=N–C) groups is 1. The molecule has 0 spiro atoms. The predicted octanol–water partition coefficient (Wildman–Crippen LogP) is 2.01. The predicted molar refractivity (Wildman–Crippen MR) is 51.7 cm³/mol. The molecule has 0 aromatic rings. The van der Waals surface area contributed by atoms with Gasteiger partial charge < -0.3 is 5.11 Å². The summed E-state index contributed by atoms with van der Waals surface area (Å²) in [5, 5.41) is 8.80. The van der Waals surface area contributed by atoms with Crippen molar-refractivity contribution in [1.29, 1.82) is 0 Å². The Labute approximate surface area is 77.5 Å². The monoisotopic (exact) mass is 179 g/mol. The fourth-order valence-electron chi connectivity index (χ4n) is 1.53. The van der Waals surface area contributed by atoms with Crippen LogP contribution in [-0.2, 0) is 4.79 Å². The minimum absolute atomic E-state index is 0.313. The van der Waals surface area contributed by atoms with Crippen LogP contribution in [0.5, 0.6) is 0 Å². The molecular weight excluding hydrogens is 166 g/mol. The highest BCUT2D eigenvalue weighted by molar-refractivity contribution is 5.72. The maximum atomic E-state index is 10.7. The van der Waals surface area contributed by atoms with Gasteiger partial charge in [-0.1, -0.05) is 12.2 Å². The van der Waals surface area contributed by atoms with E-state index in [1.54, 1.807) is 0 Å². The maximum Gasteiger partial charge on any atom is 0.307 e. The summed E-state index contributed by atoms with van der Waals surface area (Å²) < 4.78 is 0. The van der Waals surface area contributed by atoms with Crippen LogP contribution < -0.4 is 0 Å². The second kappa shape index (κ2) is 4.03. The maximum absolute atomic E-state index is 10.7. The zero-order valence-electron chi connectivity index (χ0n) is 7.66. The Morgan fingerprint density at radius 1 is 1.69 bits per heavy atom. The molecule has 1 rings (SSSR count). The van der Waals surface area contributed by atoms with Gasteiger partial charge in [0.15, 0.2) is 0 Å². The van der Waals surface area contributed by atoms with E-state index in [4.69, 9.17) is 5.11 Å². The van der Waals surface area contributed by atoms with Crippen molar-refractivity contribution >= 4 is 12.7 Å². The number of hydrogen-bond donors (Lipinski definition) is 1. The molecule has 0 aromatic carbocycles. The summed E-state index contributed by atoms with van der Waals surface area (Å²) >= 11 is 0. The molecular formula is C10H13NO2. The molecule has 0 bridgehead atoms. The summed E-state index contributed by atoms with van der Waals surface area (Å²) in [5.41, 5.74) is 1.83. The first kappa shape index (κ1) is 9.71. The molecule has 0 aromatic heterocycles. The van der Waals surface area contributed by atoms with Gasteiger partial charge in [-0.05, 0) is 25.6 Å². The summed E-state index contributed by atoms with van der Waals surface area (Å²) in [6, 6.07) is 0. The van der Waals surface area contributed by atoms with Gasteiger partial charge in [-0.3, -0.25) is 9.79 Å². The zero-order chi connectivity index (χ0) is 9.84. The number of aliphatic carboxylic acids is 1. The van der Waals surface area contributed by atoms with E-state index in [-0.39, 0.29) is 5.92 Å². The van der Waals surface area contributed by atoms with Crippen molar-refractivity contribution in [2.45, 2.75) is 19.8 Å². The van der Waals surface area contributed by atoms with Crippen molar-refractivity contribution < 1.29 is 9.90 Å². The summed E-state index contributed by atoms with van der Waals surface area (Å²) in [6.45, 7) is 5.34. The molecule has 0 fully saturated rings. The van der Waals surface area contributed by atoms with Crippen molar-refractivity contribution in [3.05, 3.63) is 23.4 Å². The average Bonchev–Trinajstić information content (AvgIpc) is 2.48. The fraction of sp³-hybridized carbons (Fsp3) is 0.400. The van der Waals surface area contributed by atoms with Crippen LogP contribution in [-0.4, -0.2) is 17.8 Å². The number of carboxylic acid groups (broad SMARTS) is 1. The molecule has 1 aliphatic carbocycles. The van der Waals surface area contributed by atoms with Crippen LogP contribution in [0.15, 0.2) is 28.4 Å². The molecule has 13 heavy (non-hydrogen) atoms. The third-order valence-corrected chi connectivity index (χ3v) is 2.18. The molecule has 0 amide bonds. The van der Waals surface area contributed by atoms with E-state index < -0.39 is 5.97 Å². The number of hydrogen-bond acceptors (Lipinski definition) is 2. The van der Waals surface area contributed by atoms with Gasteiger partial charge in [0.25, 0.3) is 0 Å².